The van der Waals surface area contributed by atoms with Gasteiger partial charge in [-0.2, -0.15) is 0 Å². The highest BCUT2D eigenvalue weighted by atomic mass is 16.5. The molecule has 3 rings (SSSR count). The molecule has 0 unspecified atom stereocenters. The smallest absolute Gasteiger partial charge is 0.274 e. The van der Waals surface area contributed by atoms with E-state index in [0.717, 1.165) is 34.3 Å². The molecule has 0 aliphatic carbocycles. The Labute approximate surface area is 135 Å². The van der Waals surface area contributed by atoms with Crippen molar-refractivity contribution in [3.8, 4) is 5.75 Å². The Hall–Kier alpha value is -2.88. The van der Waals surface area contributed by atoms with E-state index < -0.39 is 0 Å². The number of hydrogen-bond acceptors (Lipinski definition) is 3. The lowest BCUT2D eigenvalue weighted by atomic mass is 10.1. The molecule has 4 heteroatoms. The van der Waals surface area contributed by atoms with Gasteiger partial charge in [-0.05, 0) is 42.3 Å². The second-order valence-electron chi connectivity index (χ2n) is 5.22. The molecule has 3 aromatic rings. The van der Waals surface area contributed by atoms with E-state index in [1.807, 2.05) is 48.5 Å². The highest BCUT2D eigenvalue weighted by molar-refractivity contribution is 6.04. The number of carbonyl (C=O) groups is 1. The molecule has 1 heterocycles. The number of fused-ring (bicyclic) bond motifs is 1. The fourth-order valence-electron chi connectivity index (χ4n) is 2.49. The summed E-state index contributed by atoms with van der Waals surface area (Å²) in [6.07, 6.45) is 0.862. The molecule has 23 heavy (non-hydrogen) atoms. The van der Waals surface area contributed by atoms with Crippen LogP contribution < -0.4 is 10.1 Å². The molecule has 0 aliphatic heterocycles. The van der Waals surface area contributed by atoms with Crippen molar-refractivity contribution < 1.29 is 9.53 Å². The van der Waals surface area contributed by atoms with Crippen molar-refractivity contribution in [1.82, 2.24) is 4.98 Å². The molecule has 2 aromatic carbocycles. The Morgan fingerprint density at radius 1 is 1.13 bits per heavy atom. The molecule has 0 saturated heterocycles. The Kier molecular flexibility index (Phi) is 4.24. The number of nitrogens with one attached hydrogen (secondary N) is 1. The zero-order chi connectivity index (χ0) is 16.2. The molecule has 0 spiro atoms. The Morgan fingerprint density at radius 3 is 2.74 bits per heavy atom. The lowest BCUT2D eigenvalue weighted by molar-refractivity contribution is 0.102. The van der Waals surface area contributed by atoms with Crippen LogP contribution in [0, 0.1) is 0 Å². The minimum absolute atomic E-state index is 0.205. The molecule has 1 N–H and O–H groups in total. The number of anilines is 1. The minimum Gasteiger partial charge on any atom is -0.497 e. The second-order valence-corrected chi connectivity index (χ2v) is 5.22. The van der Waals surface area contributed by atoms with E-state index in [2.05, 4.69) is 17.2 Å². The monoisotopic (exact) mass is 306 g/mol. The number of aryl methyl sites for hydroxylation is 1. The standard InChI is InChI=1S/C19H18N2O2/c1-3-13-6-4-5-7-16(13)21-19(22)18-10-8-14-12-15(23-2)9-11-17(14)20-18/h4-12H,3H2,1-2H3,(H,21,22). The van der Waals surface area contributed by atoms with Crippen molar-refractivity contribution in [3.63, 3.8) is 0 Å². The largest absolute Gasteiger partial charge is 0.497 e. The van der Waals surface area contributed by atoms with Crippen molar-refractivity contribution in [1.29, 1.82) is 0 Å². The average Bonchev–Trinajstić information content (AvgIpc) is 2.61. The number of aromatic nitrogens is 1. The van der Waals surface area contributed by atoms with Gasteiger partial charge in [0.25, 0.3) is 5.91 Å². The van der Waals surface area contributed by atoms with Gasteiger partial charge in [-0.25, -0.2) is 4.98 Å². The molecule has 1 amide bonds. The molecular weight excluding hydrogens is 288 g/mol. The number of methoxy groups -OCH3 is 1. The first-order chi connectivity index (χ1) is 11.2. The molecule has 0 radical (unpaired) electrons. The van der Waals surface area contributed by atoms with Crippen LogP contribution in [0.2, 0.25) is 0 Å². The van der Waals surface area contributed by atoms with Gasteiger partial charge in [0.2, 0.25) is 0 Å². The number of amides is 1. The lowest BCUT2D eigenvalue weighted by Gasteiger charge is -2.10. The van der Waals surface area contributed by atoms with E-state index >= 15 is 0 Å². The van der Waals surface area contributed by atoms with Crippen molar-refractivity contribution >= 4 is 22.5 Å². The quantitative estimate of drug-likeness (QED) is 0.791. The van der Waals surface area contributed by atoms with Crippen LogP contribution in [-0.4, -0.2) is 18.0 Å². The number of nitrogens with zero attached hydrogens (tertiary/aromatic N) is 1. The van der Waals surface area contributed by atoms with Gasteiger partial charge in [0.15, 0.2) is 0 Å². The van der Waals surface area contributed by atoms with Gasteiger partial charge in [0, 0.05) is 11.1 Å². The molecule has 0 bridgehead atoms. The van der Waals surface area contributed by atoms with Gasteiger partial charge < -0.3 is 10.1 Å². The zero-order valence-corrected chi connectivity index (χ0v) is 13.2. The first-order valence-electron chi connectivity index (χ1n) is 7.55. The highest BCUT2D eigenvalue weighted by Gasteiger charge is 2.10. The maximum atomic E-state index is 12.5. The number of benzene rings is 2. The number of hydrogen-bond donors (Lipinski definition) is 1. The van der Waals surface area contributed by atoms with Crippen LogP contribution >= 0.6 is 0 Å². The van der Waals surface area contributed by atoms with Gasteiger partial charge >= 0.3 is 0 Å². The number of ether oxygens (including phenoxy) is 1. The van der Waals surface area contributed by atoms with Crippen molar-refractivity contribution in [2.75, 3.05) is 12.4 Å². The third kappa shape index (κ3) is 3.16. The SMILES string of the molecule is CCc1ccccc1NC(=O)c1ccc2cc(OC)ccc2n1. The number of para-hydroxylation sites is 1. The van der Waals surface area contributed by atoms with Crippen LogP contribution in [-0.2, 0) is 6.42 Å². The van der Waals surface area contributed by atoms with E-state index in [4.69, 9.17) is 4.74 Å². The normalized spacial score (nSPS) is 10.5. The van der Waals surface area contributed by atoms with Crippen LogP contribution in [0.4, 0.5) is 5.69 Å². The third-order valence-electron chi connectivity index (χ3n) is 3.78. The van der Waals surface area contributed by atoms with Gasteiger partial charge in [-0.1, -0.05) is 31.2 Å². The molecule has 0 atom stereocenters. The average molecular weight is 306 g/mol. The Balaban J connectivity index is 1.89. The number of pyridine rings is 1. The minimum atomic E-state index is -0.205. The Morgan fingerprint density at radius 2 is 1.96 bits per heavy atom. The summed E-state index contributed by atoms with van der Waals surface area (Å²) in [6, 6.07) is 17.0. The van der Waals surface area contributed by atoms with Crippen molar-refractivity contribution in [2.24, 2.45) is 0 Å². The molecule has 4 nitrogen and oxygen atoms in total. The molecule has 116 valence electrons. The van der Waals surface area contributed by atoms with Gasteiger partial charge in [0.05, 0.1) is 12.6 Å². The highest BCUT2D eigenvalue weighted by Crippen LogP contribution is 2.21. The Bertz CT molecular complexity index is 859. The molecule has 0 aliphatic rings. The summed E-state index contributed by atoms with van der Waals surface area (Å²) in [6.45, 7) is 2.06. The molecule has 0 saturated carbocycles. The lowest BCUT2D eigenvalue weighted by Crippen LogP contribution is -2.14. The van der Waals surface area contributed by atoms with Crippen molar-refractivity contribution in [2.45, 2.75) is 13.3 Å². The predicted octanol–water partition coefficient (Wildman–Crippen LogP) is 4.06. The zero-order valence-electron chi connectivity index (χ0n) is 13.2. The van der Waals surface area contributed by atoms with E-state index in [9.17, 15) is 4.79 Å². The number of carbonyl (C=O) groups excluding carboxylic acids is 1. The maximum Gasteiger partial charge on any atom is 0.274 e. The maximum absolute atomic E-state index is 12.5. The molecule has 1 aromatic heterocycles. The topological polar surface area (TPSA) is 51.2 Å². The van der Waals surface area contributed by atoms with Crippen LogP contribution in [0.1, 0.15) is 23.0 Å². The number of rotatable bonds is 4. The van der Waals surface area contributed by atoms with Gasteiger partial charge in [-0.3, -0.25) is 4.79 Å². The molecular formula is C19H18N2O2. The fraction of sp³-hybridized carbons (Fsp3) is 0.158. The van der Waals surface area contributed by atoms with Crippen LogP contribution in [0.5, 0.6) is 5.75 Å². The molecule has 0 fully saturated rings. The summed E-state index contributed by atoms with van der Waals surface area (Å²) >= 11 is 0. The first-order valence-corrected chi connectivity index (χ1v) is 7.55. The summed E-state index contributed by atoms with van der Waals surface area (Å²) in [5, 5.41) is 3.88. The van der Waals surface area contributed by atoms with Gasteiger partial charge in [-0.15, -0.1) is 0 Å². The van der Waals surface area contributed by atoms with Crippen molar-refractivity contribution in [3.05, 3.63) is 65.9 Å². The van der Waals surface area contributed by atoms with E-state index in [-0.39, 0.29) is 5.91 Å². The fourth-order valence-corrected chi connectivity index (χ4v) is 2.49. The second kappa shape index (κ2) is 6.48. The summed E-state index contributed by atoms with van der Waals surface area (Å²) in [4.78, 5) is 16.9. The summed E-state index contributed by atoms with van der Waals surface area (Å²) in [7, 11) is 1.63. The summed E-state index contributed by atoms with van der Waals surface area (Å²) in [5.41, 5.74) is 3.10. The third-order valence-corrected chi connectivity index (χ3v) is 3.78. The predicted molar refractivity (Wildman–Crippen MR) is 92.1 cm³/mol. The van der Waals surface area contributed by atoms with Crippen LogP contribution in [0.25, 0.3) is 10.9 Å². The van der Waals surface area contributed by atoms with E-state index in [1.165, 1.54) is 0 Å². The van der Waals surface area contributed by atoms with E-state index in [0.29, 0.717) is 5.69 Å². The van der Waals surface area contributed by atoms with E-state index in [1.54, 1.807) is 13.2 Å². The van der Waals surface area contributed by atoms with Gasteiger partial charge in [0.1, 0.15) is 11.4 Å². The summed E-state index contributed by atoms with van der Waals surface area (Å²) in [5.74, 6) is 0.567. The van der Waals surface area contributed by atoms with Crippen LogP contribution in [0.3, 0.4) is 0 Å². The first kappa shape index (κ1) is 15.0. The van der Waals surface area contributed by atoms with Crippen LogP contribution in [0.15, 0.2) is 54.6 Å². The summed E-state index contributed by atoms with van der Waals surface area (Å²) < 4.78 is 5.20.